The van der Waals surface area contributed by atoms with Crippen molar-refractivity contribution in [1.82, 2.24) is 10.6 Å². The van der Waals surface area contributed by atoms with Crippen molar-refractivity contribution in [2.75, 3.05) is 6.54 Å². The molecule has 0 bridgehead atoms. The van der Waals surface area contributed by atoms with Gasteiger partial charge in [-0.1, -0.05) is 0 Å². The molecule has 2 aliphatic heterocycles. The van der Waals surface area contributed by atoms with Crippen LogP contribution in [0, 0.1) is 0 Å². The second-order valence-electron chi connectivity index (χ2n) is 4.34. The van der Waals surface area contributed by atoms with Crippen LogP contribution in [-0.2, 0) is 9.59 Å². The van der Waals surface area contributed by atoms with Crippen molar-refractivity contribution < 1.29 is 30.0 Å². The van der Waals surface area contributed by atoms with E-state index in [1.165, 1.54) is 0 Å². The van der Waals surface area contributed by atoms with Crippen molar-refractivity contribution in [3.05, 3.63) is 0 Å². The Morgan fingerprint density at radius 2 is 1.61 bits per heavy atom. The maximum Gasteiger partial charge on any atom is 0.320 e. The van der Waals surface area contributed by atoms with Gasteiger partial charge in [0.2, 0.25) is 0 Å². The predicted molar refractivity (Wildman–Crippen MR) is 59.9 cm³/mol. The van der Waals surface area contributed by atoms with Gasteiger partial charge >= 0.3 is 11.9 Å². The summed E-state index contributed by atoms with van der Waals surface area (Å²) in [5, 5.41) is 39.5. The van der Waals surface area contributed by atoms with Crippen molar-refractivity contribution in [1.29, 1.82) is 0 Å². The fourth-order valence-electron chi connectivity index (χ4n) is 1.82. The lowest BCUT2D eigenvalue weighted by molar-refractivity contribution is -0.140. The monoisotopic (exact) mass is 262 g/mol. The van der Waals surface area contributed by atoms with E-state index >= 15 is 0 Å². The Labute approximate surface area is 104 Å². The van der Waals surface area contributed by atoms with Gasteiger partial charge in [0.15, 0.2) is 0 Å². The average molecular weight is 262 g/mol. The topological polar surface area (TPSA) is 139 Å². The molecule has 0 saturated carbocycles. The van der Waals surface area contributed by atoms with Crippen molar-refractivity contribution >= 4 is 11.9 Å². The van der Waals surface area contributed by atoms with Gasteiger partial charge < -0.3 is 25.7 Å². The lowest BCUT2D eigenvalue weighted by atomic mass is 10.2. The van der Waals surface area contributed by atoms with E-state index in [4.69, 9.17) is 20.4 Å². The number of carboxylic acids is 2. The van der Waals surface area contributed by atoms with Gasteiger partial charge in [0.05, 0.1) is 6.10 Å². The summed E-state index contributed by atoms with van der Waals surface area (Å²) >= 11 is 0. The third kappa shape index (κ3) is 4.57. The molecular formula is C10H18N2O6. The predicted octanol–water partition coefficient (Wildman–Crippen LogP) is -2.06. The zero-order valence-electron chi connectivity index (χ0n) is 9.74. The molecule has 104 valence electrons. The fourth-order valence-corrected chi connectivity index (χ4v) is 1.82. The van der Waals surface area contributed by atoms with Gasteiger partial charge in [0, 0.05) is 13.0 Å². The summed E-state index contributed by atoms with van der Waals surface area (Å²) in [5.74, 6) is -1.77. The number of hydrogen-bond acceptors (Lipinski definition) is 6. The van der Waals surface area contributed by atoms with E-state index in [1.54, 1.807) is 0 Å². The number of aliphatic hydroxyl groups is 2. The van der Waals surface area contributed by atoms with Gasteiger partial charge in [0.1, 0.15) is 18.3 Å². The SMILES string of the molecule is O=C(O)[C@@H]1CC(O)CN1.O=C(O)[C@@H]1CCC(O)N1. The van der Waals surface area contributed by atoms with E-state index in [0.717, 1.165) is 0 Å². The maximum absolute atomic E-state index is 10.2. The van der Waals surface area contributed by atoms with Crippen LogP contribution >= 0.6 is 0 Å². The molecular weight excluding hydrogens is 244 g/mol. The normalized spacial score (nSPS) is 34.8. The highest BCUT2D eigenvalue weighted by atomic mass is 16.4. The number of nitrogens with one attached hydrogen (secondary N) is 2. The minimum Gasteiger partial charge on any atom is -0.480 e. The quantitative estimate of drug-likeness (QED) is 0.334. The molecule has 0 aromatic rings. The Morgan fingerprint density at radius 3 is 1.83 bits per heavy atom. The molecule has 2 heterocycles. The number of carbonyl (C=O) groups is 2. The Kier molecular flexibility index (Phi) is 5.48. The first-order valence-corrected chi connectivity index (χ1v) is 5.71. The first kappa shape index (κ1) is 14.8. The molecule has 6 N–H and O–H groups in total. The molecule has 2 unspecified atom stereocenters. The van der Waals surface area contributed by atoms with Crippen molar-refractivity contribution in [2.45, 2.75) is 43.7 Å². The van der Waals surface area contributed by atoms with Crippen LogP contribution in [0.25, 0.3) is 0 Å². The number of β-amino-alcohol motifs (C(OH)–C–C–N with tert-alkyl or cyclic N) is 1. The molecule has 0 radical (unpaired) electrons. The third-order valence-electron chi connectivity index (χ3n) is 2.83. The molecule has 0 aromatic heterocycles. The smallest absolute Gasteiger partial charge is 0.320 e. The van der Waals surface area contributed by atoms with Crippen LogP contribution in [0.3, 0.4) is 0 Å². The molecule has 2 aliphatic rings. The maximum atomic E-state index is 10.2. The minimum atomic E-state index is -0.883. The molecule has 2 saturated heterocycles. The Balaban J connectivity index is 0.000000180. The minimum absolute atomic E-state index is 0.329. The molecule has 18 heavy (non-hydrogen) atoms. The van der Waals surface area contributed by atoms with Crippen molar-refractivity contribution in [2.24, 2.45) is 0 Å². The molecule has 0 aromatic carbocycles. The van der Waals surface area contributed by atoms with E-state index in [2.05, 4.69) is 10.6 Å². The van der Waals surface area contributed by atoms with E-state index in [0.29, 0.717) is 25.8 Å². The van der Waals surface area contributed by atoms with E-state index < -0.39 is 36.4 Å². The highest BCUT2D eigenvalue weighted by molar-refractivity contribution is 5.74. The molecule has 0 amide bonds. The van der Waals surface area contributed by atoms with E-state index in [9.17, 15) is 9.59 Å². The summed E-state index contributed by atoms with van der Waals surface area (Å²) in [5.41, 5.74) is 0. The number of aliphatic carboxylic acids is 2. The number of carboxylic acid groups (broad SMARTS) is 2. The lowest BCUT2D eigenvalue weighted by Crippen LogP contribution is -2.34. The lowest BCUT2D eigenvalue weighted by Gasteiger charge is -2.03. The molecule has 0 aliphatic carbocycles. The van der Waals surface area contributed by atoms with Gasteiger partial charge in [-0.15, -0.1) is 0 Å². The summed E-state index contributed by atoms with van der Waals surface area (Å²) in [6.45, 7) is 0.400. The standard InChI is InChI=1S/2C5H9NO3/c7-3-1-4(5(8)9)6-2-3;7-4-2-1-3(6-4)5(8)9/h2*3-4,6-7H,1-2H2,(H,8,9)/t3?,4-;3-,4?/m00/s1. The summed E-state index contributed by atoms with van der Waals surface area (Å²) in [4.78, 5) is 20.3. The van der Waals surface area contributed by atoms with Gasteiger partial charge in [-0.2, -0.15) is 0 Å². The van der Waals surface area contributed by atoms with E-state index in [-0.39, 0.29) is 0 Å². The highest BCUT2D eigenvalue weighted by Crippen LogP contribution is 2.09. The molecule has 2 fully saturated rings. The first-order valence-electron chi connectivity index (χ1n) is 5.71. The summed E-state index contributed by atoms with van der Waals surface area (Å²) < 4.78 is 0. The van der Waals surface area contributed by atoms with Crippen LogP contribution < -0.4 is 10.6 Å². The van der Waals surface area contributed by atoms with Crippen LogP contribution in [0.5, 0.6) is 0 Å². The molecule has 8 heteroatoms. The average Bonchev–Trinajstić information content (AvgIpc) is 2.88. The summed E-state index contributed by atoms with van der Waals surface area (Å²) in [7, 11) is 0. The largest absolute Gasteiger partial charge is 0.480 e. The van der Waals surface area contributed by atoms with Crippen LogP contribution in [0.15, 0.2) is 0 Å². The molecule has 0 spiro atoms. The second kappa shape index (κ2) is 6.64. The zero-order valence-corrected chi connectivity index (χ0v) is 9.74. The zero-order chi connectivity index (χ0) is 13.7. The summed E-state index contributed by atoms with van der Waals surface area (Å²) in [6, 6.07) is -1.08. The first-order chi connectivity index (χ1) is 8.40. The number of rotatable bonds is 2. The Hall–Kier alpha value is -1.22. The number of hydrogen-bond donors (Lipinski definition) is 6. The Morgan fingerprint density at radius 1 is 1.00 bits per heavy atom. The molecule has 2 rings (SSSR count). The van der Waals surface area contributed by atoms with Gasteiger partial charge in [0.25, 0.3) is 0 Å². The number of aliphatic hydroxyl groups excluding tert-OH is 2. The summed E-state index contributed by atoms with van der Waals surface area (Å²) in [6.07, 6.45) is 0.292. The molecule has 8 nitrogen and oxygen atoms in total. The highest BCUT2D eigenvalue weighted by Gasteiger charge is 2.27. The van der Waals surface area contributed by atoms with Crippen LogP contribution in [0.2, 0.25) is 0 Å². The van der Waals surface area contributed by atoms with Crippen molar-refractivity contribution in [3.8, 4) is 0 Å². The van der Waals surface area contributed by atoms with Crippen molar-refractivity contribution in [3.63, 3.8) is 0 Å². The van der Waals surface area contributed by atoms with Crippen LogP contribution in [0.1, 0.15) is 19.3 Å². The third-order valence-corrected chi connectivity index (χ3v) is 2.83. The second-order valence-corrected chi connectivity index (χ2v) is 4.34. The van der Waals surface area contributed by atoms with Gasteiger partial charge in [-0.05, 0) is 12.8 Å². The Bertz CT molecular complexity index is 281. The van der Waals surface area contributed by atoms with Gasteiger partial charge in [-0.3, -0.25) is 14.9 Å². The van der Waals surface area contributed by atoms with E-state index in [1.807, 2.05) is 0 Å². The van der Waals surface area contributed by atoms with Crippen LogP contribution in [-0.4, -0.2) is 63.3 Å². The van der Waals surface area contributed by atoms with Crippen LogP contribution in [0.4, 0.5) is 0 Å². The van der Waals surface area contributed by atoms with Gasteiger partial charge in [-0.25, -0.2) is 0 Å². The molecule has 4 atom stereocenters. The fraction of sp³-hybridized carbons (Fsp3) is 0.800.